The van der Waals surface area contributed by atoms with Crippen LogP contribution in [-0.4, -0.2) is 12.6 Å². The molecule has 1 N–H and O–H groups in total. The third kappa shape index (κ3) is 0.658. The van der Waals surface area contributed by atoms with Crippen molar-refractivity contribution in [3.63, 3.8) is 0 Å². The van der Waals surface area contributed by atoms with Crippen molar-refractivity contribution < 1.29 is 0 Å². The Morgan fingerprint density at radius 3 is 2.18 bits per heavy atom. The lowest BCUT2D eigenvalue weighted by molar-refractivity contribution is 0.245. The second-order valence-corrected chi connectivity index (χ2v) is 4.95. The van der Waals surface area contributed by atoms with E-state index in [2.05, 4.69) is 12.4 Å². The van der Waals surface area contributed by atoms with Gasteiger partial charge in [0, 0.05) is 5.54 Å². The fourth-order valence-electron chi connectivity index (χ4n) is 4.20. The van der Waals surface area contributed by atoms with Gasteiger partial charge in [-0.3, -0.25) is 0 Å². The van der Waals surface area contributed by atoms with E-state index in [1.807, 2.05) is 0 Å². The van der Waals surface area contributed by atoms with E-state index in [4.69, 9.17) is 0 Å². The summed E-state index contributed by atoms with van der Waals surface area (Å²) in [6, 6.07) is 0. The number of hydrogen-bond donors (Lipinski definition) is 1. The predicted molar refractivity (Wildman–Crippen MR) is 45.3 cm³/mol. The molecule has 0 saturated heterocycles. The lowest BCUT2D eigenvalue weighted by Crippen LogP contribution is -2.43. The average molecular weight is 151 g/mol. The SMILES string of the molecule is CNC12CC3CC(CC1C3)C2. The summed E-state index contributed by atoms with van der Waals surface area (Å²) >= 11 is 0. The Hall–Kier alpha value is -0.0400. The number of rotatable bonds is 1. The molecule has 0 radical (unpaired) electrons. The highest BCUT2D eigenvalue weighted by Crippen LogP contribution is 2.60. The van der Waals surface area contributed by atoms with Crippen LogP contribution in [0.15, 0.2) is 0 Å². The van der Waals surface area contributed by atoms with Crippen LogP contribution in [0.4, 0.5) is 0 Å². The van der Waals surface area contributed by atoms with Crippen LogP contribution in [0.3, 0.4) is 0 Å². The second kappa shape index (κ2) is 1.82. The molecule has 2 unspecified atom stereocenters. The van der Waals surface area contributed by atoms with Crippen molar-refractivity contribution in [2.24, 2.45) is 17.8 Å². The van der Waals surface area contributed by atoms with Crippen LogP contribution in [0.1, 0.15) is 32.1 Å². The molecule has 0 spiro atoms. The first-order chi connectivity index (χ1) is 5.32. The smallest absolute Gasteiger partial charge is 0.0212 e. The first kappa shape index (κ1) is 6.47. The van der Waals surface area contributed by atoms with E-state index in [1.165, 1.54) is 25.7 Å². The third-order valence-corrected chi connectivity index (χ3v) is 4.49. The average Bonchev–Trinajstić information content (AvgIpc) is 2.37. The van der Waals surface area contributed by atoms with Crippen molar-refractivity contribution in [3.8, 4) is 0 Å². The minimum Gasteiger partial charge on any atom is -0.314 e. The van der Waals surface area contributed by atoms with E-state index >= 15 is 0 Å². The third-order valence-electron chi connectivity index (χ3n) is 4.49. The van der Waals surface area contributed by atoms with Gasteiger partial charge in [-0.1, -0.05) is 0 Å². The summed E-state index contributed by atoms with van der Waals surface area (Å²) in [5.74, 6) is 3.25. The molecule has 4 bridgehead atoms. The van der Waals surface area contributed by atoms with E-state index in [1.54, 1.807) is 6.42 Å². The highest BCUT2D eigenvalue weighted by Gasteiger charge is 2.56. The summed E-state index contributed by atoms with van der Waals surface area (Å²) in [7, 11) is 2.17. The van der Waals surface area contributed by atoms with Crippen LogP contribution in [0.5, 0.6) is 0 Å². The van der Waals surface area contributed by atoms with Gasteiger partial charge < -0.3 is 5.32 Å². The van der Waals surface area contributed by atoms with E-state index < -0.39 is 0 Å². The molecule has 11 heavy (non-hydrogen) atoms. The molecule has 0 aromatic heterocycles. The molecule has 0 aromatic rings. The minimum atomic E-state index is 0.619. The largest absolute Gasteiger partial charge is 0.314 e. The van der Waals surface area contributed by atoms with Crippen molar-refractivity contribution in [3.05, 3.63) is 0 Å². The van der Waals surface area contributed by atoms with Gasteiger partial charge in [0.25, 0.3) is 0 Å². The van der Waals surface area contributed by atoms with Gasteiger partial charge in [0.05, 0.1) is 0 Å². The molecule has 0 aliphatic heterocycles. The summed E-state index contributed by atoms with van der Waals surface area (Å²) in [6.07, 6.45) is 7.62. The van der Waals surface area contributed by atoms with Crippen molar-refractivity contribution in [1.82, 2.24) is 5.32 Å². The normalized spacial score (nSPS) is 59.2. The molecule has 4 rings (SSSR count). The van der Waals surface area contributed by atoms with Crippen LogP contribution < -0.4 is 5.32 Å². The molecule has 4 fully saturated rings. The molecule has 0 amide bonds. The van der Waals surface area contributed by atoms with Gasteiger partial charge >= 0.3 is 0 Å². The van der Waals surface area contributed by atoms with Gasteiger partial charge in [-0.2, -0.15) is 0 Å². The van der Waals surface area contributed by atoms with Gasteiger partial charge in [0.2, 0.25) is 0 Å². The van der Waals surface area contributed by atoms with E-state index in [0.29, 0.717) is 5.54 Å². The quantitative estimate of drug-likeness (QED) is 0.602. The summed E-state index contributed by atoms with van der Waals surface area (Å²) in [5.41, 5.74) is 0.619. The lowest BCUT2D eigenvalue weighted by atomic mass is 9.80. The molecule has 1 heteroatoms. The Morgan fingerprint density at radius 1 is 1.09 bits per heavy atom. The summed E-state index contributed by atoms with van der Waals surface area (Å²) in [4.78, 5) is 0. The van der Waals surface area contributed by atoms with Crippen molar-refractivity contribution in [2.75, 3.05) is 7.05 Å². The minimum absolute atomic E-state index is 0.619. The Kier molecular flexibility index (Phi) is 1.07. The van der Waals surface area contributed by atoms with Gasteiger partial charge in [0.1, 0.15) is 0 Å². The monoisotopic (exact) mass is 151 g/mol. The summed E-state index contributed by atoms with van der Waals surface area (Å²) in [6.45, 7) is 0. The van der Waals surface area contributed by atoms with Crippen LogP contribution in [0.2, 0.25) is 0 Å². The topological polar surface area (TPSA) is 12.0 Å². The molecule has 4 saturated carbocycles. The fraction of sp³-hybridized carbons (Fsp3) is 1.00. The first-order valence-electron chi connectivity index (χ1n) is 5.01. The number of hydrogen-bond acceptors (Lipinski definition) is 1. The lowest BCUT2D eigenvalue weighted by Gasteiger charge is -2.32. The fourth-order valence-corrected chi connectivity index (χ4v) is 4.20. The standard InChI is InChI=1S/C10H17N/c1-11-10-5-7-2-8(6-10)4-9(10)3-7/h7-9,11H,2-6H2,1H3. The van der Waals surface area contributed by atoms with Gasteiger partial charge in [-0.25, -0.2) is 0 Å². The highest BCUT2D eigenvalue weighted by molar-refractivity contribution is 5.12. The Labute approximate surface area is 68.6 Å². The van der Waals surface area contributed by atoms with E-state index in [9.17, 15) is 0 Å². The Morgan fingerprint density at radius 2 is 1.73 bits per heavy atom. The van der Waals surface area contributed by atoms with Crippen molar-refractivity contribution in [2.45, 2.75) is 37.6 Å². The van der Waals surface area contributed by atoms with Crippen molar-refractivity contribution in [1.29, 1.82) is 0 Å². The molecule has 4 aliphatic rings. The molecular weight excluding hydrogens is 134 g/mol. The Balaban J connectivity index is 1.98. The highest BCUT2D eigenvalue weighted by atomic mass is 15.0. The second-order valence-electron chi connectivity index (χ2n) is 4.95. The maximum absolute atomic E-state index is 3.60. The molecule has 0 heterocycles. The molecule has 0 aromatic carbocycles. The zero-order chi connectivity index (χ0) is 7.47. The van der Waals surface area contributed by atoms with Gasteiger partial charge in [-0.05, 0) is 56.9 Å². The number of nitrogens with one attached hydrogen (secondary N) is 1. The van der Waals surface area contributed by atoms with Crippen LogP contribution in [0, 0.1) is 17.8 Å². The van der Waals surface area contributed by atoms with Crippen LogP contribution >= 0.6 is 0 Å². The van der Waals surface area contributed by atoms with Gasteiger partial charge in [0.15, 0.2) is 0 Å². The van der Waals surface area contributed by atoms with E-state index in [-0.39, 0.29) is 0 Å². The Bertz CT molecular complexity index is 173. The molecule has 4 aliphatic carbocycles. The zero-order valence-electron chi connectivity index (χ0n) is 7.27. The van der Waals surface area contributed by atoms with Crippen LogP contribution in [0.25, 0.3) is 0 Å². The summed E-state index contributed by atoms with van der Waals surface area (Å²) in [5, 5.41) is 3.60. The predicted octanol–water partition coefficient (Wildman–Crippen LogP) is 1.78. The molecule has 2 atom stereocenters. The molecular formula is C10H17N. The molecule has 62 valence electrons. The molecule has 1 nitrogen and oxygen atoms in total. The van der Waals surface area contributed by atoms with Gasteiger partial charge in [-0.15, -0.1) is 0 Å². The maximum atomic E-state index is 3.60. The zero-order valence-corrected chi connectivity index (χ0v) is 7.27. The van der Waals surface area contributed by atoms with Crippen molar-refractivity contribution >= 4 is 0 Å². The van der Waals surface area contributed by atoms with E-state index in [0.717, 1.165) is 17.8 Å². The van der Waals surface area contributed by atoms with Crippen LogP contribution in [-0.2, 0) is 0 Å². The summed E-state index contributed by atoms with van der Waals surface area (Å²) < 4.78 is 0. The first-order valence-corrected chi connectivity index (χ1v) is 5.01. The maximum Gasteiger partial charge on any atom is 0.0212 e.